The van der Waals surface area contributed by atoms with Crippen LogP contribution in [0.2, 0.25) is 0 Å². The maximum atomic E-state index is 12.7. The molecule has 1 aliphatic rings. The Morgan fingerprint density at radius 2 is 1.92 bits per heavy atom. The summed E-state index contributed by atoms with van der Waals surface area (Å²) in [5.74, 6) is 0.0889. The van der Waals surface area contributed by atoms with Crippen molar-refractivity contribution in [2.75, 3.05) is 32.0 Å². The summed E-state index contributed by atoms with van der Waals surface area (Å²) in [5.41, 5.74) is 1.82. The first-order valence-electron chi connectivity index (χ1n) is 9.57. The lowest BCUT2D eigenvalue weighted by atomic mass is 9.94. The average Bonchev–Trinajstić information content (AvgIpc) is 2.59. The molecule has 1 aromatic rings. The van der Waals surface area contributed by atoms with Crippen molar-refractivity contribution in [2.45, 2.75) is 52.0 Å². The van der Waals surface area contributed by atoms with Crippen molar-refractivity contribution in [1.29, 1.82) is 0 Å². The molecule has 2 rings (SSSR count). The van der Waals surface area contributed by atoms with Crippen LogP contribution < -0.4 is 10.2 Å². The molecule has 1 unspecified atom stereocenters. The molecule has 0 aliphatic heterocycles. The number of carbonyl (C=O) groups is 2. The Kier molecular flexibility index (Phi) is 8.10. The van der Waals surface area contributed by atoms with E-state index < -0.39 is 0 Å². The fourth-order valence-electron chi connectivity index (χ4n) is 3.69. The SMILES string of the molecule is CCN(C(=O)C[NH+](C)CC(=O)Nc1ccc(Br)cc1C)C1CCCCC1. The highest BCUT2D eigenvalue weighted by Gasteiger charge is 2.26. The molecular formula is C20H31BrN3O2+. The highest BCUT2D eigenvalue weighted by atomic mass is 79.9. The number of anilines is 1. The summed E-state index contributed by atoms with van der Waals surface area (Å²) in [6.07, 6.45) is 5.94. The molecule has 2 N–H and O–H groups in total. The van der Waals surface area contributed by atoms with Gasteiger partial charge in [-0.05, 0) is 50.5 Å². The van der Waals surface area contributed by atoms with Gasteiger partial charge in [0.2, 0.25) is 0 Å². The summed E-state index contributed by atoms with van der Waals surface area (Å²) in [6.45, 7) is 5.40. The molecule has 0 heterocycles. The Balaban J connectivity index is 1.85. The van der Waals surface area contributed by atoms with E-state index in [1.807, 2.05) is 44.0 Å². The lowest BCUT2D eigenvalue weighted by molar-refractivity contribution is -0.862. The van der Waals surface area contributed by atoms with Gasteiger partial charge in [-0.25, -0.2) is 0 Å². The quantitative estimate of drug-likeness (QED) is 0.705. The van der Waals surface area contributed by atoms with E-state index in [9.17, 15) is 9.59 Å². The lowest BCUT2D eigenvalue weighted by Gasteiger charge is -2.33. The van der Waals surface area contributed by atoms with Gasteiger partial charge in [0.15, 0.2) is 13.1 Å². The van der Waals surface area contributed by atoms with Gasteiger partial charge in [-0.15, -0.1) is 0 Å². The topological polar surface area (TPSA) is 53.9 Å². The molecule has 1 aliphatic carbocycles. The van der Waals surface area contributed by atoms with Gasteiger partial charge in [0.1, 0.15) is 0 Å². The number of hydrogen-bond acceptors (Lipinski definition) is 2. The van der Waals surface area contributed by atoms with Gasteiger partial charge >= 0.3 is 0 Å². The molecule has 0 saturated heterocycles. The first-order chi connectivity index (χ1) is 12.4. The van der Waals surface area contributed by atoms with Crippen LogP contribution in [0.15, 0.2) is 22.7 Å². The van der Waals surface area contributed by atoms with Crippen LogP contribution in [-0.2, 0) is 9.59 Å². The highest BCUT2D eigenvalue weighted by molar-refractivity contribution is 9.10. The van der Waals surface area contributed by atoms with Crippen molar-refractivity contribution in [1.82, 2.24) is 4.90 Å². The summed E-state index contributed by atoms with van der Waals surface area (Å²) in [4.78, 5) is 27.9. The van der Waals surface area contributed by atoms with Crippen molar-refractivity contribution >= 4 is 33.4 Å². The predicted molar refractivity (Wildman–Crippen MR) is 108 cm³/mol. The van der Waals surface area contributed by atoms with Crippen molar-refractivity contribution in [3.8, 4) is 0 Å². The Bertz CT molecular complexity index is 629. The van der Waals surface area contributed by atoms with Crippen LogP contribution in [0.1, 0.15) is 44.6 Å². The molecule has 26 heavy (non-hydrogen) atoms. The Morgan fingerprint density at radius 1 is 1.23 bits per heavy atom. The van der Waals surface area contributed by atoms with Crippen LogP contribution in [0, 0.1) is 6.92 Å². The second kappa shape index (κ2) is 10.1. The largest absolute Gasteiger partial charge is 0.335 e. The monoisotopic (exact) mass is 424 g/mol. The maximum Gasteiger partial charge on any atom is 0.279 e. The number of quaternary nitrogens is 1. The Hall–Kier alpha value is -1.40. The standard InChI is InChI=1S/C20H30BrN3O2/c1-4-24(17-8-6-5-7-9-17)20(26)14-23(3)13-19(25)22-18-11-10-16(21)12-15(18)2/h10-12,17H,4-9,13-14H2,1-3H3,(H,22,25)/p+1. The average molecular weight is 425 g/mol. The number of hydrogen-bond donors (Lipinski definition) is 2. The van der Waals surface area contributed by atoms with E-state index in [4.69, 9.17) is 0 Å². The molecule has 6 heteroatoms. The summed E-state index contributed by atoms with van der Waals surface area (Å²) in [7, 11) is 1.90. The van der Waals surface area contributed by atoms with Crippen LogP contribution >= 0.6 is 15.9 Å². The first kappa shape index (κ1) is 20.9. The van der Waals surface area contributed by atoms with Crippen LogP contribution in [0.4, 0.5) is 5.69 Å². The smallest absolute Gasteiger partial charge is 0.279 e. The lowest BCUT2D eigenvalue weighted by Crippen LogP contribution is -3.11. The van der Waals surface area contributed by atoms with Crippen molar-refractivity contribution in [2.24, 2.45) is 0 Å². The molecule has 0 bridgehead atoms. The minimum Gasteiger partial charge on any atom is -0.335 e. The normalized spacial score (nSPS) is 16.2. The van der Waals surface area contributed by atoms with E-state index >= 15 is 0 Å². The van der Waals surface area contributed by atoms with Gasteiger partial charge < -0.3 is 15.1 Å². The fraction of sp³-hybridized carbons (Fsp3) is 0.600. The molecule has 144 valence electrons. The number of aryl methyl sites for hydroxylation is 1. The number of halogens is 1. The van der Waals surface area contributed by atoms with E-state index in [-0.39, 0.29) is 18.4 Å². The Morgan fingerprint density at radius 3 is 2.54 bits per heavy atom. The minimum absolute atomic E-state index is 0.0681. The van der Waals surface area contributed by atoms with Gasteiger partial charge in [0.25, 0.3) is 11.8 Å². The number of likely N-dealkylation sites (N-methyl/N-ethyl adjacent to an activating group) is 2. The zero-order valence-electron chi connectivity index (χ0n) is 16.1. The van der Waals surface area contributed by atoms with Gasteiger partial charge in [-0.3, -0.25) is 9.59 Å². The van der Waals surface area contributed by atoms with Crippen LogP contribution in [-0.4, -0.2) is 49.4 Å². The minimum atomic E-state index is -0.0681. The molecule has 0 radical (unpaired) electrons. The Labute approximate surface area is 165 Å². The van der Waals surface area contributed by atoms with Crippen molar-refractivity contribution < 1.29 is 14.5 Å². The molecule has 2 amide bonds. The van der Waals surface area contributed by atoms with E-state index in [0.717, 1.165) is 40.0 Å². The zero-order chi connectivity index (χ0) is 19.1. The zero-order valence-corrected chi connectivity index (χ0v) is 17.7. The fourth-order valence-corrected chi connectivity index (χ4v) is 4.16. The van der Waals surface area contributed by atoms with Gasteiger partial charge in [-0.1, -0.05) is 35.2 Å². The molecule has 0 aromatic heterocycles. The first-order valence-corrected chi connectivity index (χ1v) is 10.4. The molecule has 0 spiro atoms. The van der Waals surface area contributed by atoms with E-state index in [2.05, 4.69) is 21.2 Å². The molecular weight excluding hydrogens is 394 g/mol. The van der Waals surface area contributed by atoms with Crippen LogP contribution in [0.5, 0.6) is 0 Å². The number of nitrogens with one attached hydrogen (secondary N) is 2. The molecule has 1 fully saturated rings. The summed E-state index contributed by atoms with van der Waals surface area (Å²) in [6, 6.07) is 6.15. The molecule has 1 aromatic carbocycles. The molecule has 1 atom stereocenters. The van der Waals surface area contributed by atoms with Gasteiger partial charge in [0.05, 0.1) is 7.05 Å². The summed E-state index contributed by atoms with van der Waals surface area (Å²) >= 11 is 3.42. The third-order valence-corrected chi connectivity index (χ3v) is 5.55. The van der Waals surface area contributed by atoms with Crippen molar-refractivity contribution in [3.63, 3.8) is 0 Å². The predicted octanol–water partition coefficient (Wildman–Crippen LogP) is 2.39. The molecule has 5 nitrogen and oxygen atoms in total. The second-order valence-corrected chi connectivity index (χ2v) is 8.21. The van der Waals surface area contributed by atoms with Crippen LogP contribution in [0.25, 0.3) is 0 Å². The number of nitrogens with zero attached hydrogens (tertiary/aromatic N) is 1. The summed E-state index contributed by atoms with van der Waals surface area (Å²) in [5, 5.41) is 2.94. The summed E-state index contributed by atoms with van der Waals surface area (Å²) < 4.78 is 0.990. The van der Waals surface area contributed by atoms with E-state index in [0.29, 0.717) is 12.6 Å². The highest BCUT2D eigenvalue weighted by Crippen LogP contribution is 2.22. The van der Waals surface area contributed by atoms with Gasteiger partial charge in [-0.2, -0.15) is 0 Å². The third kappa shape index (κ3) is 6.09. The van der Waals surface area contributed by atoms with E-state index in [1.54, 1.807) is 0 Å². The number of benzene rings is 1. The molecule has 1 saturated carbocycles. The second-order valence-electron chi connectivity index (χ2n) is 7.29. The number of carbonyl (C=O) groups excluding carboxylic acids is 2. The van der Waals surface area contributed by atoms with Crippen molar-refractivity contribution in [3.05, 3.63) is 28.2 Å². The van der Waals surface area contributed by atoms with Gasteiger partial charge in [0, 0.05) is 22.7 Å². The van der Waals surface area contributed by atoms with E-state index in [1.165, 1.54) is 19.3 Å². The number of amides is 2. The number of rotatable bonds is 7. The third-order valence-electron chi connectivity index (χ3n) is 5.05. The van der Waals surface area contributed by atoms with Crippen LogP contribution in [0.3, 0.4) is 0 Å². The maximum absolute atomic E-state index is 12.7.